The third kappa shape index (κ3) is 3.78. The highest BCUT2D eigenvalue weighted by Crippen LogP contribution is 2.36. The maximum Gasteiger partial charge on any atom is 0.308 e. The molecule has 0 spiro atoms. The zero-order chi connectivity index (χ0) is 13.5. The number of benzene rings is 1. The number of carbonyl (C=O) groups excluding carboxylic acids is 1. The van der Waals surface area contributed by atoms with Gasteiger partial charge in [0.2, 0.25) is 0 Å². The van der Waals surface area contributed by atoms with Gasteiger partial charge in [-0.3, -0.25) is 4.79 Å². The van der Waals surface area contributed by atoms with Crippen LogP contribution in [0.3, 0.4) is 0 Å². The Morgan fingerprint density at radius 2 is 2.11 bits per heavy atom. The lowest BCUT2D eigenvalue weighted by molar-refractivity contribution is -0.141. The number of hydrogen-bond acceptors (Lipinski definition) is 5. The Kier molecular flexibility index (Phi) is 5.74. The molecule has 1 aromatic rings. The topological polar surface area (TPSA) is 70.8 Å². The number of nitrogens with two attached hydrogens (primary N) is 1. The summed E-state index contributed by atoms with van der Waals surface area (Å²) < 4.78 is 15.1. The summed E-state index contributed by atoms with van der Waals surface area (Å²) in [7, 11) is 2.84. The summed E-state index contributed by atoms with van der Waals surface area (Å²) in [6.07, 6.45) is 0.147. The average molecular weight is 274 g/mol. The van der Waals surface area contributed by atoms with E-state index >= 15 is 0 Å². The minimum Gasteiger partial charge on any atom is -0.493 e. The molecule has 0 amide bonds. The second kappa shape index (κ2) is 7.08. The molecular formula is C12H16ClNO4. The van der Waals surface area contributed by atoms with Crippen molar-refractivity contribution in [2.45, 2.75) is 13.0 Å². The van der Waals surface area contributed by atoms with Crippen molar-refractivity contribution in [1.29, 1.82) is 0 Å². The highest BCUT2D eigenvalue weighted by molar-refractivity contribution is 6.32. The second-order valence-electron chi connectivity index (χ2n) is 3.49. The van der Waals surface area contributed by atoms with Crippen LogP contribution in [0.5, 0.6) is 11.5 Å². The number of ether oxygens (including phenoxy) is 3. The number of methoxy groups -OCH3 is 2. The molecule has 100 valence electrons. The minimum atomic E-state index is -0.344. The Morgan fingerprint density at radius 3 is 2.67 bits per heavy atom. The van der Waals surface area contributed by atoms with Crippen molar-refractivity contribution in [3.05, 3.63) is 22.7 Å². The van der Waals surface area contributed by atoms with Crippen LogP contribution in [0.4, 0.5) is 0 Å². The molecule has 0 fully saturated rings. The Bertz CT molecular complexity index is 423. The number of carbonyl (C=O) groups is 1. The zero-order valence-corrected chi connectivity index (χ0v) is 11.1. The Morgan fingerprint density at radius 1 is 1.39 bits per heavy atom. The second-order valence-corrected chi connectivity index (χ2v) is 3.89. The van der Waals surface area contributed by atoms with Crippen LogP contribution in [0.1, 0.15) is 12.0 Å². The summed E-state index contributed by atoms with van der Waals surface area (Å²) in [5.74, 6) is 0.553. The van der Waals surface area contributed by atoms with Crippen molar-refractivity contribution in [1.82, 2.24) is 0 Å². The van der Waals surface area contributed by atoms with Gasteiger partial charge in [-0.2, -0.15) is 0 Å². The van der Waals surface area contributed by atoms with E-state index in [1.807, 2.05) is 0 Å². The van der Waals surface area contributed by atoms with Crippen LogP contribution in [-0.4, -0.2) is 26.8 Å². The molecule has 0 aromatic heterocycles. The molecule has 0 aliphatic carbocycles. The maximum atomic E-state index is 11.0. The maximum absolute atomic E-state index is 11.0. The lowest BCUT2D eigenvalue weighted by Gasteiger charge is -2.13. The Hall–Kier alpha value is -1.46. The summed E-state index contributed by atoms with van der Waals surface area (Å²) in [5.41, 5.74) is 6.38. The average Bonchev–Trinajstić information content (AvgIpc) is 2.39. The molecule has 0 bridgehead atoms. The van der Waals surface area contributed by atoms with Crippen molar-refractivity contribution in [3.8, 4) is 11.5 Å². The van der Waals surface area contributed by atoms with E-state index in [0.717, 1.165) is 5.56 Å². The van der Waals surface area contributed by atoms with Gasteiger partial charge in [-0.25, -0.2) is 0 Å². The van der Waals surface area contributed by atoms with Gasteiger partial charge in [0.1, 0.15) is 0 Å². The van der Waals surface area contributed by atoms with Crippen LogP contribution in [-0.2, 0) is 16.1 Å². The molecular weight excluding hydrogens is 258 g/mol. The molecule has 1 aromatic carbocycles. The summed E-state index contributed by atoms with van der Waals surface area (Å²) in [5, 5.41) is 0.402. The van der Waals surface area contributed by atoms with Crippen molar-refractivity contribution in [3.63, 3.8) is 0 Å². The summed E-state index contributed by atoms with van der Waals surface area (Å²) >= 11 is 6.06. The van der Waals surface area contributed by atoms with Crippen molar-refractivity contribution < 1.29 is 19.0 Å². The van der Waals surface area contributed by atoms with Gasteiger partial charge in [-0.1, -0.05) is 11.6 Å². The molecule has 1 rings (SSSR count). The fourth-order valence-corrected chi connectivity index (χ4v) is 1.66. The Labute approximate surface area is 111 Å². The summed E-state index contributed by atoms with van der Waals surface area (Å²) in [6.45, 7) is 0.531. The molecule has 0 atom stereocenters. The molecule has 18 heavy (non-hydrogen) atoms. The van der Waals surface area contributed by atoms with Gasteiger partial charge in [-0.05, 0) is 17.7 Å². The first-order valence-corrected chi connectivity index (χ1v) is 5.76. The smallest absolute Gasteiger partial charge is 0.308 e. The molecule has 6 heteroatoms. The number of rotatable bonds is 6. The molecule has 0 saturated heterocycles. The normalized spacial score (nSPS) is 10.0. The molecule has 0 aliphatic rings. The van der Waals surface area contributed by atoms with Crippen molar-refractivity contribution in [2.24, 2.45) is 5.73 Å². The van der Waals surface area contributed by atoms with E-state index in [0.29, 0.717) is 23.1 Å². The van der Waals surface area contributed by atoms with E-state index < -0.39 is 0 Å². The summed E-state index contributed by atoms with van der Waals surface area (Å²) in [6, 6.07) is 3.46. The fourth-order valence-electron chi connectivity index (χ4n) is 1.37. The quantitative estimate of drug-likeness (QED) is 0.800. The first kappa shape index (κ1) is 14.6. The van der Waals surface area contributed by atoms with Crippen LogP contribution in [0.15, 0.2) is 12.1 Å². The third-order valence-electron chi connectivity index (χ3n) is 2.31. The number of halogens is 1. The molecule has 0 saturated carbocycles. The molecule has 0 heterocycles. The van der Waals surface area contributed by atoms with Gasteiger partial charge in [0.15, 0.2) is 11.5 Å². The highest BCUT2D eigenvalue weighted by atomic mass is 35.5. The van der Waals surface area contributed by atoms with Crippen LogP contribution < -0.4 is 15.2 Å². The minimum absolute atomic E-state index is 0.147. The van der Waals surface area contributed by atoms with E-state index in [4.69, 9.17) is 26.8 Å². The molecule has 5 nitrogen and oxygen atoms in total. The van der Waals surface area contributed by atoms with Crippen LogP contribution in [0, 0.1) is 0 Å². The van der Waals surface area contributed by atoms with E-state index in [9.17, 15) is 4.79 Å². The monoisotopic (exact) mass is 273 g/mol. The standard InChI is InChI=1S/C12H16ClNO4/c1-16-10-6-8(7-14)5-9(13)12(10)18-4-3-11(15)17-2/h5-6H,3-4,7,14H2,1-2H3. The number of esters is 1. The van der Waals surface area contributed by atoms with E-state index in [-0.39, 0.29) is 19.0 Å². The number of hydrogen-bond donors (Lipinski definition) is 1. The van der Waals surface area contributed by atoms with Gasteiger partial charge < -0.3 is 19.9 Å². The summed E-state index contributed by atoms with van der Waals surface area (Å²) in [4.78, 5) is 11.0. The largest absolute Gasteiger partial charge is 0.493 e. The van der Waals surface area contributed by atoms with E-state index in [1.54, 1.807) is 12.1 Å². The van der Waals surface area contributed by atoms with Gasteiger partial charge in [0.25, 0.3) is 0 Å². The van der Waals surface area contributed by atoms with Crippen molar-refractivity contribution >= 4 is 17.6 Å². The predicted molar refractivity (Wildman–Crippen MR) is 68.0 cm³/mol. The SMILES string of the molecule is COC(=O)CCOc1c(Cl)cc(CN)cc1OC. The predicted octanol–water partition coefficient (Wildman–Crippen LogP) is 1.75. The van der Waals surface area contributed by atoms with Crippen molar-refractivity contribution in [2.75, 3.05) is 20.8 Å². The Balaban J connectivity index is 2.78. The van der Waals surface area contributed by atoms with Gasteiger partial charge in [-0.15, -0.1) is 0 Å². The molecule has 2 N–H and O–H groups in total. The zero-order valence-electron chi connectivity index (χ0n) is 10.4. The van der Waals surface area contributed by atoms with Crippen LogP contribution >= 0.6 is 11.6 Å². The van der Waals surface area contributed by atoms with Gasteiger partial charge in [0, 0.05) is 6.54 Å². The van der Waals surface area contributed by atoms with E-state index in [1.165, 1.54) is 14.2 Å². The highest BCUT2D eigenvalue weighted by Gasteiger charge is 2.12. The van der Waals surface area contributed by atoms with E-state index in [2.05, 4.69) is 4.74 Å². The lowest BCUT2D eigenvalue weighted by atomic mass is 10.2. The lowest BCUT2D eigenvalue weighted by Crippen LogP contribution is -2.08. The first-order valence-electron chi connectivity index (χ1n) is 5.38. The molecule has 0 unspecified atom stereocenters. The molecule has 0 aliphatic heterocycles. The van der Waals surface area contributed by atoms with Crippen LogP contribution in [0.2, 0.25) is 5.02 Å². The van der Waals surface area contributed by atoms with Crippen LogP contribution in [0.25, 0.3) is 0 Å². The third-order valence-corrected chi connectivity index (χ3v) is 2.59. The van der Waals surface area contributed by atoms with Gasteiger partial charge in [0.05, 0.1) is 32.3 Å². The molecule has 0 radical (unpaired) electrons. The van der Waals surface area contributed by atoms with Gasteiger partial charge >= 0.3 is 5.97 Å². The first-order chi connectivity index (χ1) is 8.62. The fraction of sp³-hybridized carbons (Fsp3) is 0.417.